The second-order valence-electron chi connectivity index (χ2n) is 8.11. The average molecular weight is 513 g/mol. The van der Waals surface area contributed by atoms with E-state index in [1.54, 1.807) is 43.3 Å². The molecule has 2 aromatic carbocycles. The zero-order valence-corrected chi connectivity index (χ0v) is 19.7. The fraction of sp³-hybridized carbons (Fsp3) is 0.375. The third-order valence-electron chi connectivity index (χ3n) is 5.36. The van der Waals surface area contributed by atoms with Crippen molar-refractivity contribution in [2.45, 2.75) is 18.1 Å². The first-order chi connectivity index (χ1) is 16.8. The van der Waals surface area contributed by atoms with E-state index in [1.807, 2.05) is 12.1 Å². The summed E-state index contributed by atoms with van der Waals surface area (Å²) in [4.78, 5) is 37.8. The number of amides is 2. The molecule has 0 aliphatic carbocycles. The molecule has 0 radical (unpaired) electrons. The number of ether oxygens (including phenoxy) is 1. The first-order valence-electron chi connectivity index (χ1n) is 10.8. The topological polar surface area (TPSA) is 113 Å². The molecule has 1 saturated heterocycles. The number of halogens is 4. The Morgan fingerprint density at radius 2 is 1.42 bits per heavy atom. The van der Waals surface area contributed by atoms with Crippen molar-refractivity contribution in [1.29, 1.82) is 0 Å². The van der Waals surface area contributed by atoms with Crippen LogP contribution in [0.4, 0.5) is 17.6 Å². The zero-order valence-electron chi connectivity index (χ0n) is 19.7. The van der Waals surface area contributed by atoms with E-state index >= 15 is 0 Å². The van der Waals surface area contributed by atoms with E-state index in [2.05, 4.69) is 0 Å². The van der Waals surface area contributed by atoms with Crippen molar-refractivity contribution in [2.24, 2.45) is 5.73 Å². The van der Waals surface area contributed by atoms with E-state index in [4.69, 9.17) is 20.4 Å². The highest BCUT2D eigenvalue weighted by atomic mass is 19.4. The third kappa shape index (κ3) is 7.75. The minimum Gasteiger partial charge on any atom is -0.475 e. The summed E-state index contributed by atoms with van der Waals surface area (Å²) < 4.78 is 50.2. The van der Waals surface area contributed by atoms with Crippen molar-refractivity contribution in [3.63, 3.8) is 0 Å². The smallest absolute Gasteiger partial charge is 0.475 e. The van der Waals surface area contributed by atoms with E-state index in [-0.39, 0.29) is 17.6 Å². The molecule has 1 aliphatic heterocycles. The Hall–Kier alpha value is -3.51. The lowest BCUT2D eigenvalue weighted by atomic mass is 9.88. The summed E-state index contributed by atoms with van der Waals surface area (Å²) in [5.74, 6) is -4.32. The second kappa shape index (κ2) is 12.5. The van der Waals surface area contributed by atoms with Crippen LogP contribution in [0.25, 0.3) is 11.1 Å². The number of carbonyl (C=O) groups is 3. The van der Waals surface area contributed by atoms with Crippen molar-refractivity contribution in [3.8, 4) is 11.1 Å². The molecule has 0 saturated carbocycles. The molecule has 3 rings (SSSR count). The van der Waals surface area contributed by atoms with Crippen LogP contribution in [-0.2, 0) is 19.1 Å². The number of rotatable bonds is 5. The number of nitrogens with two attached hydrogens (primary N) is 1. The molecule has 0 unspecified atom stereocenters. The standard InChI is InChI=1S/C22H26FN3O3.C2HF3O2/c1-25(2)21(27)19(20(24)22(28)26-11-13-29-14-12-26)17-5-3-15(4-6-17)16-7-9-18(23)10-8-16;3-2(4,5)1(6)7/h3-10,19-20H,11-14,24H2,1-2H3;(H,6,7)/t19-,20-;/m0./s1. The Labute approximate surface area is 205 Å². The van der Waals surface area contributed by atoms with Gasteiger partial charge in [0.05, 0.1) is 19.1 Å². The monoisotopic (exact) mass is 513 g/mol. The molecular weight excluding hydrogens is 486 g/mol. The maximum atomic E-state index is 13.2. The molecule has 8 nitrogen and oxygen atoms in total. The van der Waals surface area contributed by atoms with Crippen LogP contribution >= 0.6 is 0 Å². The molecule has 36 heavy (non-hydrogen) atoms. The van der Waals surface area contributed by atoms with Crippen LogP contribution in [-0.4, -0.2) is 85.3 Å². The van der Waals surface area contributed by atoms with E-state index in [9.17, 15) is 27.2 Å². The fourth-order valence-corrected chi connectivity index (χ4v) is 3.44. The van der Waals surface area contributed by atoms with Gasteiger partial charge in [-0.1, -0.05) is 36.4 Å². The minimum absolute atomic E-state index is 0.228. The number of aliphatic carboxylic acids is 1. The van der Waals surface area contributed by atoms with Crippen LogP contribution in [0, 0.1) is 5.82 Å². The Bertz CT molecular complexity index is 1040. The van der Waals surface area contributed by atoms with Crippen LogP contribution in [0.3, 0.4) is 0 Å². The lowest BCUT2D eigenvalue weighted by Gasteiger charge is -2.32. The van der Waals surface area contributed by atoms with Gasteiger partial charge in [0.1, 0.15) is 11.9 Å². The lowest BCUT2D eigenvalue weighted by Crippen LogP contribution is -2.53. The Kier molecular flexibility index (Phi) is 9.93. The molecule has 0 aromatic heterocycles. The van der Waals surface area contributed by atoms with Gasteiger partial charge in [0.15, 0.2) is 0 Å². The molecule has 0 bridgehead atoms. The number of alkyl halides is 3. The van der Waals surface area contributed by atoms with E-state index < -0.39 is 24.1 Å². The molecule has 1 heterocycles. The van der Waals surface area contributed by atoms with Crippen LogP contribution in [0.1, 0.15) is 11.5 Å². The summed E-state index contributed by atoms with van der Waals surface area (Å²) in [6.07, 6.45) is -5.08. The second-order valence-corrected chi connectivity index (χ2v) is 8.11. The van der Waals surface area contributed by atoms with Gasteiger partial charge in [0.25, 0.3) is 0 Å². The SMILES string of the molecule is CN(C)C(=O)[C@@H](c1ccc(-c2ccc(F)cc2)cc1)[C@H](N)C(=O)N1CCOCC1.O=C(O)C(F)(F)F. The zero-order chi connectivity index (χ0) is 27.0. The van der Waals surface area contributed by atoms with E-state index in [0.717, 1.165) is 11.1 Å². The quantitative estimate of drug-likeness (QED) is 0.594. The van der Waals surface area contributed by atoms with Gasteiger partial charge in [-0.2, -0.15) is 13.2 Å². The highest BCUT2D eigenvalue weighted by molar-refractivity contribution is 5.93. The number of hydrogen-bond acceptors (Lipinski definition) is 5. The number of nitrogens with zero attached hydrogens (tertiary/aromatic N) is 2. The van der Waals surface area contributed by atoms with Crippen molar-refractivity contribution in [2.75, 3.05) is 40.4 Å². The molecule has 2 amide bonds. The summed E-state index contributed by atoms with van der Waals surface area (Å²) in [5.41, 5.74) is 8.73. The number of hydrogen-bond donors (Lipinski definition) is 2. The number of benzene rings is 2. The van der Waals surface area contributed by atoms with Crippen molar-refractivity contribution in [3.05, 3.63) is 59.9 Å². The molecular formula is C24H27F4N3O5. The predicted octanol–water partition coefficient (Wildman–Crippen LogP) is 2.48. The van der Waals surface area contributed by atoms with Crippen molar-refractivity contribution in [1.82, 2.24) is 9.80 Å². The predicted molar refractivity (Wildman–Crippen MR) is 122 cm³/mol. The lowest BCUT2D eigenvalue weighted by molar-refractivity contribution is -0.192. The molecule has 1 fully saturated rings. The van der Waals surface area contributed by atoms with Crippen LogP contribution < -0.4 is 5.73 Å². The minimum atomic E-state index is -5.08. The maximum Gasteiger partial charge on any atom is 0.490 e. The normalized spacial score (nSPS) is 15.2. The van der Waals surface area contributed by atoms with Gasteiger partial charge in [-0.15, -0.1) is 0 Å². The number of carboxylic acid groups (broad SMARTS) is 1. The summed E-state index contributed by atoms with van der Waals surface area (Å²) in [7, 11) is 3.29. The van der Waals surface area contributed by atoms with Gasteiger partial charge in [-0.05, 0) is 28.8 Å². The molecule has 1 aliphatic rings. The summed E-state index contributed by atoms with van der Waals surface area (Å²) in [6, 6.07) is 12.5. The first-order valence-corrected chi connectivity index (χ1v) is 10.8. The number of carbonyl (C=O) groups excluding carboxylic acids is 2. The molecule has 0 spiro atoms. The maximum absolute atomic E-state index is 13.2. The highest BCUT2D eigenvalue weighted by Crippen LogP contribution is 2.27. The van der Waals surface area contributed by atoms with E-state index in [0.29, 0.717) is 31.9 Å². The van der Waals surface area contributed by atoms with E-state index in [1.165, 1.54) is 17.0 Å². The number of likely N-dealkylation sites (N-methyl/N-ethyl adjacent to an activating group) is 1. The molecule has 196 valence electrons. The van der Waals surface area contributed by atoms with Gasteiger partial charge in [0.2, 0.25) is 11.8 Å². The molecule has 2 aromatic rings. The van der Waals surface area contributed by atoms with Gasteiger partial charge in [0, 0.05) is 27.2 Å². The number of carboxylic acids is 1. The van der Waals surface area contributed by atoms with Crippen molar-refractivity contribution >= 4 is 17.8 Å². The third-order valence-corrected chi connectivity index (χ3v) is 5.36. The van der Waals surface area contributed by atoms with Crippen LogP contribution in [0.5, 0.6) is 0 Å². The summed E-state index contributed by atoms with van der Waals surface area (Å²) in [5, 5.41) is 7.12. The first kappa shape index (κ1) is 28.7. The average Bonchev–Trinajstić information content (AvgIpc) is 2.85. The highest BCUT2D eigenvalue weighted by Gasteiger charge is 2.38. The van der Waals surface area contributed by atoms with Gasteiger partial charge < -0.3 is 25.4 Å². The Morgan fingerprint density at radius 1 is 0.972 bits per heavy atom. The summed E-state index contributed by atoms with van der Waals surface area (Å²) >= 11 is 0. The molecule has 2 atom stereocenters. The van der Waals surface area contributed by atoms with Crippen molar-refractivity contribution < 1.29 is 41.8 Å². The van der Waals surface area contributed by atoms with Crippen LogP contribution in [0.15, 0.2) is 48.5 Å². The van der Waals surface area contributed by atoms with Gasteiger partial charge >= 0.3 is 12.1 Å². The largest absolute Gasteiger partial charge is 0.490 e. The number of morpholine rings is 1. The Balaban J connectivity index is 0.000000572. The van der Waals surface area contributed by atoms with Gasteiger partial charge in [-0.25, -0.2) is 9.18 Å². The summed E-state index contributed by atoms with van der Waals surface area (Å²) in [6.45, 7) is 1.88. The molecule has 3 N–H and O–H groups in total. The van der Waals surface area contributed by atoms with Gasteiger partial charge in [-0.3, -0.25) is 9.59 Å². The van der Waals surface area contributed by atoms with Crippen LogP contribution in [0.2, 0.25) is 0 Å². The Morgan fingerprint density at radius 3 is 1.83 bits per heavy atom. The fourth-order valence-electron chi connectivity index (χ4n) is 3.44. The molecule has 12 heteroatoms.